The van der Waals surface area contributed by atoms with Crippen molar-refractivity contribution in [2.45, 2.75) is 64.5 Å². The Labute approximate surface area is 141 Å². The van der Waals surface area contributed by atoms with Crippen molar-refractivity contribution < 1.29 is 4.79 Å². The summed E-state index contributed by atoms with van der Waals surface area (Å²) < 4.78 is 0. The van der Waals surface area contributed by atoms with Gasteiger partial charge in [0, 0.05) is 31.7 Å². The fourth-order valence-corrected chi connectivity index (χ4v) is 2.90. The van der Waals surface area contributed by atoms with Gasteiger partial charge in [-0.3, -0.25) is 9.79 Å². The standard InChI is InChI=1S/C17H35N5O/c1-17(2,3)21-15(23)13-20-16(18-4)19-11-12-22(5)14-9-7-6-8-10-14/h14H,6-13H2,1-5H3,(H,21,23)(H2,18,19,20). The topological polar surface area (TPSA) is 68.8 Å². The molecule has 0 aromatic rings. The SMILES string of the molecule is CN=C(NCCN(C)C1CCCCC1)NCC(=O)NC(C)(C)C. The maximum atomic E-state index is 11.8. The van der Waals surface area contributed by atoms with E-state index in [4.69, 9.17) is 0 Å². The van der Waals surface area contributed by atoms with Gasteiger partial charge in [0.1, 0.15) is 0 Å². The summed E-state index contributed by atoms with van der Waals surface area (Å²) in [5, 5.41) is 9.25. The number of amides is 1. The van der Waals surface area contributed by atoms with E-state index in [-0.39, 0.29) is 18.0 Å². The molecule has 0 atom stereocenters. The van der Waals surface area contributed by atoms with E-state index in [0.29, 0.717) is 5.96 Å². The predicted octanol–water partition coefficient (Wildman–Crippen LogP) is 1.33. The molecule has 1 aliphatic carbocycles. The first-order valence-electron chi connectivity index (χ1n) is 8.77. The average molecular weight is 326 g/mol. The molecule has 1 saturated carbocycles. The average Bonchev–Trinajstić information content (AvgIpc) is 2.49. The van der Waals surface area contributed by atoms with Crippen LogP contribution in [0.4, 0.5) is 0 Å². The number of aliphatic imine (C=N–C) groups is 1. The maximum absolute atomic E-state index is 11.8. The molecule has 0 unspecified atom stereocenters. The maximum Gasteiger partial charge on any atom is 0.239 e. The van der Waals surface area contributed by atoms with Crippen molar-refractivity contribution in [2.75, 3.05) is 33.7 Å². The van der Waals surface area contributed by atoms with Gasteiger partial charge in [-0.15, -0.1) is 0 Å². The molecule has 6 nitrogen and oxygen atoms in total. The van der Waals surface area contributed by atoms with Gasteiger partial charge in [-0.2, -0.15) is 0 Å². The zero-order chi connectivity index (χ0) is 17.3. The lowest BCUT2D eigenvalue weighted by molar-refractivity contribution is -0.121. The van der Waals surface area contributed by atoms with E-state index in [9.17, 15) is 4.79 Å². The van der Waals surface area contributed by atoms with Crippen LogP contribution in [0.5, 0.6) is 0 Å². The van der Waals surface area contributed by atoms with Crippen LogP contribution in [-0.2, 0) is 4.79 Å². The number of carbonyl (C=O) groups excluding carboxylic acids is 1. The van der Waals surface area contributed by atoms with E-state index in [0.717, 1.165) is 19.1 Å². The lowest BCUT2D eigenvalue weighted by Crippen LogP contribution is -2.49. The first-order chi connectivity index (χ1) is 10.8. The van der Waals surface area contributed by atoms with Crippen LogP contribution in [0, 0.1) is 0 Å². The van der Waals surface area contributed by atoms with Crippen LogP contribution in [0.1, 0.15) is 52.9 Å². The Morgan fingerprint density at radius 2 is 1.83 bits per heavy atom. The van der Waals surface area contributed by atoms with Crippen LogP contribution in [0.3, 0.4) is 0 Å². The van der Waals surface area contributed by atoms with Gasteiger partial charge in [-0.1, -0.05) is 19.3 Å². The van der Waals surface area contributed by atoms with Gasteiger partial charge in [0.15, 0.2) is 5.96 Å². The van der Waals surface area contributed by atoms with Crippen molar-refractivity contribution in [3.05, 3.63) is 0 Å². The van der Waals surface area contributed by atoms with E-state index < -0.39 is 0 Å². The highest BCUT2D eigenvalue weighted by molar-refractivity contribution is 5.86. The van der Waals surface area contributed by atoms with Crippen molar-refractivity contribution in [3.8, 4) is 0 Å². The molecule has 1 amide bonds. The van der Waals surface area contributed by atoms with Crippen molar-refractivity contribution >= 4 is 11.9 Å². The second-order valence-electron chi connectivity index (χ2n) is 7.42. The van der Waals surface area contributed by atoms with E-state index in [2.05, 4.69) is 32.9 Å². The highest BCUT2D eigenvalue weighted by atomic mass is 16.2. The Hall–Kier alpha value is -1.30. The molecule has 0 aliphatic heterocycles. The lowest BCUT2D eigenvalue weighted by Gasteiger charge is -2.31. The second-order valence-corrected chi connectivity index (χ2v) is 7.42. The Morgan fingerprint density at radius 1 is 1.17 bits per heavy atom. The van der Waals surface area contributed by atoms with Gasteiger partial charge in [0.25, 0.3) is 0 Å². The van der Waals surface area contributed by atoms with Gasteiger partial charge in [-0.05, 0) is 40.7 Å². The number of hydrogen-bond donors (Lipinski definition) is 3. The van der Waals surface area contributed by atoms with Crippen LogP contribution in [0.15, 0.2) is 4.99 Å². The van der Waals surface area contributed by atoms with Gasteiger partial charge in [-0.25, -0.2) is 0 Å². The summed E-state index contributed by atoms with van der Waals surface area (Å²) in [7, 11) is 3.92. The number of guanidine groups is 1. The Morgan fingerprint density at radius 3 is 2.39 bits per heavy atom. The smallest absolute Gasteiger partial charge is 0.239 e. The first kappa shape index (κ1) is 19.7. The van der Waals surface area contributed by atoms with Gasteiger partial charge in [0.2, 0.25) is 5.91 Å². The van der Waals surface area contributed by atoms with Crippen LogP contribution in [0.2, 0.25) is 0 Å². The first-order valence-corrected chi connectivity index (χ1v) is 8.77. The summed E-state index contributed by atoms with van der Waals surface area (Å²) in [5.74, 6) is 0.644. The highest BCUT2D eigenvalue weighted by Crippen LogP contribution is 2.21. The Balaban J connectivity index is 2.22. The lowest BCUT2D eigenvalue weighted by atomic mass is 9.94. The number of rotatable bonds is 6. The predicted molar refractivity (Wildman–Crippen MR) is 96.8 cm³/mol. The van der Waals surface area contributed by atoms with Crippen LogP contribution in [0.25, 0.3) is 0 Å². The molecule has 0 aromatic heterocycles. The third kappa shape index (κ3) is 8.79. The molecule has 0 radical (unpaired) electrons. The number of hydrogen-bond acceptors (Lipinski definition) is 3. The fourth-order valence-electron chi connectivity index (χ4n) is 2.90. The monoisotopic (exact) mass is 325 g/mol. The van der Waals surface area contributed by atoms with Gasteiger partial charge < -0.3 is 20.9 Å². The van der Waals surface area contributed by atoms with Crippen molar-refractivity contribution in [1.82, 2.24) is 20.9 Å². The number of nitrogens with zero attached hydrogens (tertiary/aromatic N) is 2. The van der Waals surface area contributed by atoms with Crippen molar-refractivity contribution in [2.24, 2.45) is 4.99 Å². The largest absolute Gasteiger partial charge is 0.355 e. The third-order valence-corrected chi connectivity index (χ3v) is 4.11. The number of carbonyl (C=O) groups is 1. The molecule has 23 heavy (non-hydrogen) atoms. The van der Waals surface area contributed by atoms with Gasteiger partial charge in [0.05, 0.1) is 6.54 Å². The zero-order valence-electron chi connectivity index (χ0n) is 15.5. The quantitative estimate of drug-likeness (QED) is 0.509. The minimum absolute atomic E-state index is 0.0280. The molecule has 0 saturated heterocycles. The van der Waals surface area contributed by atoms with Crippen LogP contribution in [-0.4, -0.2) is 62.1 Å². The molecule has 0 bridgehead atoms. The molecule has 0 aromatic carbocycles. The third-order valence-electron chi connectivity index (χ3n) is 4.11. The second kappa shape index (κ2) is 9.75. The minimum atomic E-state index is -0.210. The van der Waals surface area contributed by atoms with Crippen molar-refractivity contribution in [1.29, 1.82) is 0 Å². The molecule has 1 rings (SSSR count). The normalized spacial score (nSPS) is 17.2. The minimum Gasteiger partial charge on any atom is -0.355 e. The molecule has 0 spiro atoms. The molecule has 1 fully saturated rings. The summed E-state index contributed by atoms with van der Waals surface area (Å²) in [5.41, 5.74) is -0.210. The van der Waals surface area contributed by atoms with Crippen LogP contribution < -0.4 is 16.0 Å². The molecule has 6 heteroatoms. The van der Waals surface area contributed by atoms with Crippen LogP contribution >= 0.6 is 0 Å². The highest BCUT2D eigenvalue weighted by Gasteiger charge is 2.17. The van der Waals surface area contributed by atoms with Crippen molar-refractivity contribution in [3.63, 3.8) is 0 Å². The molecular weight excluding hydrogens is 290 g/mol. The zero-order valence-corrected chi connectivity index (χ0v) is 15.5. The summed E-state index contributed by atoms with van der Waals surface area (Å²) in [6, 6.07) is 0.720. The summed E-state index contributed by atoms with van der Waals surface area (Å²) >= 11 is 0. The van der Waals surface area contributed by atoms with E-state index in [1.54, 1.807) is 7.05 Å². The molecule has 3 N–H and O–H groups in total. The van der Waals surface area contributed by atoms with Gasteiger partial charge >= 0.3 is 0 Å². The number of nitrogens with one attached hydrogen (secondary N) is 3. The fraction of sp³-hybridized carbons (Fsp3) is 0.882. The van der Waals surface area contributed by atoms with E-state index >= 15 is 0 Å². The van der Waals surface area contributed by atoms with E-state index in [1.807, 2.05) is 20.8 Å². The molecular formula is C17H35N5O. The Bertz CT molecular complexity index is 383. The summed E-state index contributed by atoms with van der Waals surface area (Å²) in [6.07, 6.45) is 6.73. The summed E-state index contributed by atoms with van der Waals surface area (Å²) in [4.78, 5) is 18.4. The molecule has 134 valence electrons. The Kier molecular flexibility index (Phi) is 8.37. The number of likely N-dealkylation sites (N-methyl/N-ethyl adjacent to an activating group) is 1. The molecule has 0 heterocycles. The summed E-state index contributed by atoms with van der Waals surface area (Å²) in [6.45, 7) is 7.96. The van der Waals surface area contributed by atoms with E-state index in [1.165, 1.54) is 32.1 Å². The molecule has 1 aliphatic rings.